The molecule has 0 aromatic carbocycles. The number of ether oxygens (including phenoxy) is 12. The van der Waals surface area contributed by atoms with Crippen molar-refractivity contribution in [3.8, 4) is 0 Å². The lowest BCUT2D eigenvalue weighted by molar-refractivity contribution is -0.349. The minimum Gasteiger partial charge on any atom is -0.456 e. The molecule has 0 aromatic heterocycles. The van der Waals surface area contributed by atoms with Crippen LogP contribution in [0.4, 0.5) is 0 Å². The highest BCUT2D eigenvalue weighted by molar-refractivity contribution is 5.69. The van der Waals surface area contributed by atoms with E-state index in [0.717, 1.165) is 48.5 Å². The summed E-state index contributed by atoms with van der Waals surface area (Å²) in [4.78, 5) is 84.0. The highest BCUT2D eigenvalue weighted by Crippen LogP contribution is 2.33. The van der Waals surface area contributed by atoms with Crippen LogP contribution in [0.3, 0.4) is 0 Å². The third-order valence-electron chi connectivity index (χ3n) is 6.92. The second kappa shape index (κ2) is 17.6. The number of aliphatic hydroxyl groups excluding tert-OH is 1. The van der Waals surface area contributed by atoms with Crippen LogP contribution in [0.25, 0.3) is 0 Å². The van der Waals surface area contributed by atoms with Crippen molar-refractivity contribution in [2.45, 2.75) is 122 Å². The van der Waals surface area contributed by atoms with Crippen molar-refractivity contribution < 1.29 is 95.5 Å². The van der Waals surface area contributed by atoms with Crippen LogP contribution < -0.4 is 0 Å². The van der Waals surface area contributed by atoms with E-state index in [0.29, 0.717) is 0 Å². The minimum atomic E-state index is -1.70. The first-order chi connectivity index (χ1) is 23.0. The van der Waals surface area contributed by atoms with Gasteiger partial charge < -0.3 is 61.9 Å². The van der Waals surface area contributed by atoms with Gasteiger partial charge in [0.15, 0.2) is 61.6 Å². The Labute approximate surface area is 279 Å². The van der Waals surface area contributed by atoms with E-state index >= 15 is 0 Å². The number of aliphatic hydroxyl groups is 1. The quantitative estimate of drug-likeness (QED) is 0.186. The number of rotatable bonds is 11. The molecule has 1 N–H and O–H groups in total. The van der Waals surface area contributed by atoms with E-state index in [1.807, 2.05) is 0 Å². The lowest BCUT2D eigenvalue weighted by Crippen LogP contribution is -2.64. The van der Waals surface area contributed by atoms with Gasteiger partial charge in [0.25, 0.3) is 0 Å². The smallest absolute Gasteiger partial charge is 0.303 e. The predicted octanol–water partition coefficient (Wildman–Crippen LogP) is -1.66. The van der Waals surface area contributed by atoms with Gasteiger partial charge in [-0.25, -0.2) is 0 Å². The Bertz CT molecular complexity index is 1240. The van der Waals surface area contributed by atoms with Crippen molar-refractivity contribution in [1.82, 2.24) is 0 Å². The highest BCUT2D eigenvalue weighted by Gasteiger charge is 2.54. The molecule has 20 nitrogen and oxygen atoms in total. The molecule has 0 amide bonds. The Morgan fingerprint density at radius 2 is 0.694 bits per heavy atom. The third kappa shape index (κ3) is 11.3. The zero-order valence-electron chi connectivity index (χ0n) is 27.8. The molecule has 12 atom stereocenters. The largest absolute Gasteiger partial charge is 0.456 e. The van der Waals surface area contributed by atoms with E-state index in [1.54, 1.807) is 0 Å². The van der Waals surface area contributed by atoms with Gasteiger partial charge in [-0.15, -0.1) is 0 Å². The topological polar surface area (TPSA) is 250 Å². The number of hydrogen-bond donors (Lipinski definition) is 1. The normalized spacial score (nSPS) is 34.4. The molecule has 276 valence electrons. The average molecular weight is 709 g/mol. The predicted molar refractivity (Wildman–Crippen MR) is 150 cm³/mol. The molecule has 3 fully saturated rings. The van der Waals surface area contributed by atoms with Gasteiger partial charge in [0.2, 0.25) is 0 Å². The van der Waals surface area contributed by atoms with Crippen molar-refractivity contribution in [2.24, 2.45) is 0 Å². The van der Waals surface area contributed by atoms with Gasteiger partial charge in [-0.3, -0.25) is 33.6 Å². The Balaban J connectivity index is 1.93. The van der Waals surface area contributed by atoms with Crippen LogP contribution >= 0.6 is 0 Å². The van der Waals surface area contributed by atoms with E-state index in [1.165, 1.54) is 0 Å². The fourth-order valence-electron chi connectivity index (χ4n) is 5.32. The van der Waals surface area contributed by atoms with E-state index in [9.17, 15) is 38.7 Å². The molecule has 0 unspecified atom stereocenters. The molecule has 0 saturated carbocycles. The fourth-order valence-corrected chi connectivity index (χ4v) is 5.32. The van der Waals surface area contributed by atoms with Crippen LogP contribution in [0.1, 0.15) is 48.5 Å². The number of esters is 7. The highest BCUT2D eigenvalue weighted by atomic mass is 16.8. The minimum absolute atomic E-state index is 0.389. The van der Waals surface area contributed by atoms with Gasteiger partial charge in [0.1, 0.15) is 12.2 Å². The maximum absolute atomic E-state index is 12.3. The average Bonchev–Trinajstić information content (AvgIpc) is 2.96. The second-order valence-electron chi connectivity index (χ2n) is 11.1. The number of carbonyl (C=O) groups excluding carboxylic acids is 7. The van der Waals surface area contributed by atoms with E-state index in [-0.39, 0.29) is 6.61 Å². The Kier molecular flexibility index (Phi) is 14.2. The zero-order valence-corrected chi connectivity index (χ0v) is 27.8. The molecule has 3 heterocycles. The summed E-state index contributed by atoms with van der Waals surface area (Å²) in [5.74, 6) is -5.80. The van der Waals surface area contributed by atoms with Crippen molar-refractivity contribution >= 4 is 41.8 Å². The van der Waals surface area contributed by atoms with Gasteiger partial charge in [-0.1, -0.05) is 0 Å². The van der Waals surface area contributed by atoms with Gasteiger partial charge >= 0.3 is 41.8 Å². The molecule has 20 heteroatoms. The Morgan fingerprint density at radius 1 is 0.408 bits per heavy atom. The Hall–Kier alpha value is -3.95. The summed E-state index contributed by atoms with van der Waals surface area (Å²) in [5, 5.41) is 10.3. The molecule has 0 aliphatic carbocycles. The van der Waals surface area contributed by atoms with Crippen molar-refractivity contribution in [3.63, 3.8) is 0 Å². The summed E-state index contributed by atoms with van der Waals surface area (Å²) in [6, 6.07) is 0. The first kappa shape index (κ1) is 39.5. The molecule has 3 aliphatic rings. The fraction of sp³-hybridized carbons (Fsp3) is 0.759. The number of hydrogen-bond acceptors (Lipinski definition) is 20. The SMILES string of the molecule is CC(=O)O[C@@H]1[C@@H](OC(C)=O)[C@H](O[C@@H]2CO[C@H](O)[C@H](OC(C)=O)[C@H]2OC(C)=O)OC[C@@H]1O[C@@H]1OC[C@@H](OC(C)=O)[C@H](OC(C)=O)[C@H]1OC(C)=O. The standard InChI is InChI=1S/C29H40O20/c1-11(30)41-18-9-39-28(25(46-16(6)35)22(18)43-13(3)32)49-20-10-40-29(26(47-17(7)36)23(20)44-14(4)33)48-19-8-38-27(37)24(45-15(5)34)21(19)42-12(2)31/h18-29,37H,8-10H2,1-7H3/t18-,19-,20+,21+,22+,23+,24-,25-,26-,27+,28+,29+/m1/s1. The Morgan fingerprint density at radius 3 is 1.08 bits per heavy atom. The molecule has 0 bridgehead atoms. The molecule has 3 rings (SSSR count). The van der Waals surface area contributed by atoms with Crippen LogP contribution in [0.5, 0.6) is 0 Å². The third-order valence-corrected chi connectivity index (χ3v) is 6.92. The van der Waals surface area contributed by atoms with Gasteiger partial charge in [0, 0.05) is 48.5 Å². The summed E-state index contributed by atoms with van der Waals surface area (Å²) in [6.45, 7) is 6.19. The molecule has 3 saturated heterocycles. The summed E-state index contributed by atoms with van der Waals surface area (Å²) >= 11 is 0. The van der Waals surface area contributed by atoms with Crippen molar-refractivity contribution in [2.75, 3.05) is 19.8 Å². The number of carbonyl (C=O) groups is 7. The summed E-state index contributed by atoms with van der Waals surface area (Å²) in [5.41, 5.74) is 0. The summed E-state index contributed by atoms with van der Waals surface area (Å²) in [6.07, 6.45) is -17.7. The molecule has 0 aromatic rings. The molecule has 0 radical (unpaired) electrons. The van der Waals surface area contributed by atoms with Crippen LogP contribution in [0, 0.1) is 0 Å². The molecular weight excluding hydrogens is 668 g/mol. The molecular formula is C29H40O20. The van der Waals surface area contributed by atoms with E-state index in [4.69, 9.17) is 56.8 Å². The molecule has 0 spiro atoms. The summed E-state index contributed by atoms with van der Waals surface area (Å²) < 4.78 is 66.1. The molecule has 3 aliphatic heterocycles. The van der Waals surface area contributed by atoms with Crippen LogP contribution in [-0.2, 0) is 90.4 Å². The first-order valence-corrected chi connectivity index (χ1v) is 15.0. The van der Waals surface area contributed by atoms with Crippen molar-refractivity contribution in [3.05, 3.63) is 0 Å². The zero-order chi connectivity index (χ0) is 36.6. The lowest BCUT2D eigenvalue weighted by atomic mass is 10.0. The van der Waals surface area contributed by atoms with Crippen LogP contribution in [0.15, 0.2) is 0 Å². The van der Waals surface area contributed by atoms with Crippen molar-refractivity contribution in [1.29, 1.82) is 0 Å². The lowest BCUT2D eigenvalue weighted by Gasteiger charge is -2.46. The second-order valence-corrected chi connectivity index (χ2v) is 11.1. The summed E-state index contributed by atoms with van der Waals surface area (Å²) in [7, 11) is 0. The van der Waals surface area contributed by atoms with Crippen LogP contribution in [0.2, 0.25) is 0 Å². The van der Waals surface area contributed by atoms with Gasteiger partial charge in [-0.2, -0.15) is 0 Å². The van der Waals surface area contributed by atoms with Gasteiger partial charge in [-0.05, 0) is 0 Å². The maximum atomic E-state index is 12.3. The molecule has 49 heavy (non-hydrogen) atoms. The monoisotopic (exact) mass is 708 g/mol. The van der Waals surface area contributed by atoms with Crippen LogP contribution in [-0.4, -0.2) is 141 Å². The van der Waals surface area contributed by atoms with Gasteiger partial charge in [0.05, 0.1) is 19.8 Å². The van der Waals surface area contributed by atoms with E-state index < -0.39 is 129 Å². The maximum Gasteiger partial charge on any atom is 0.303 e. The first-order valence-electron chi connectivity index (χ1n) is 15.0. The van der Waals surface area contributed by atoms with E-state index in [2.05, 4.69) is 0 Å².